The first-order valence-corrected chi connectivity index (χ1v) is 8.49. The second-order valence-corrected chi connectivity index (χ2v) is 6.45. The number of amides is 1. The van der Waals surface area contributed by atoms with E-state index in [2.05, 4.69) is 16.4 Å². The van der Waals surface area contributed by atoms with Gasteiger partial charge in [0.15, 0.2) is 0 Å². The van der Waals surface area contributed by atoms with Gasteiger partial charge in [-0.2, -0.15) is 0 Å². The predicted molar refractivity (Wildman–Crippen MR) is 97.8 cm³/mol. The zero-order chi connectivity index (χ0) is 17.4. The van der Waals surface area contributed by atoms with Crippen molar-refractivity contribution in [3.8, 4) is 0 Å². The highest BCUT2D eigenvalue weighted by Crippen LogP contribution is 2.24. The van der Waals surface area contributed by atoms with Crippen LogP contribution >= 0.6 is 0 Å². The summed E-state index contributed by atoms with van der Waals surface area (Å²) in [4.78, 5) is 29.5. The standard InChI is InChI=1S/C20H19N3O2/c1-13-21-18-8-3-2-7-17(18)20(25)23(13)12-19(24)22-16-10-9-14-5-4-6-15(14)11-16/h2-3,7-11H,4-6,12H2,1H3,(H,22,24). The minimum absolute atomic E-state index is 0.0421. The third-order valence-corrected chi connectivity index (χ3v) is 4.74. The average molecular weight is 333 g/mol. The first-order valence-electron chi connectivity index (χ1n) is 8.49. The van der Waals surface area contributed by atoms with Gasteiger partial charge >= 0.3 is 0 Å². The summed E-state index contributed by atoms with van der Waals surface area (Å²) in [7, 11) is 0. The Labute approximate surface area is 145 Å². The van der Waals surface area contributed by atoms with Crippen molar-refractivity contribution < 1.29 is 4.79 Å². The van der Waals surface area contributed by atoms with E-state index in [1.165, 1.54) is 22.1 Å². The Morgan fingerprint density at radius 3 is 2.84 bits per heavy atom. The van der Waals surface area contributed by atoms with Crippen LogP contribution in [0.2, 0.25) is 0 Å². The van der Waals surface area contributed by atoms with Crippen molar-refractivity contribution in [1.82, 2.24) is 9.55 Å². The van der Waals surface area contributed by atoms with Crippen LogP contribution in [0, 0.1) is 6.92 Å². The predicted octanol–water partition coefficient (Wildman–Crippen LogP) is 2.83. The number of nitrogens with one attached hydrogen (secondary N) is 1. The van der Waals surface area contributed by atoms with E-state index in [-0.39, 0.29) is 18.0 Å². The smallest absolute Gasteiger partial charge is 0.261 e. The quantitative estimate of drug-likeness (QED) is 0.801. The SMILES string of the molecule is Cc1nc2ccccc2c(=O)n1CC(=O)Nc1ccc2c(c1)CCC2. The fourth-order valence-corrected chi connectivity index (χ4v) is 3.46. The van der Waals surface area contributed by atoms with Crippen molar-refractivity contribution in [3.63, 3.8) is 0 Å². The molecule has 5 heteroatoms. The molecule has 0 bridgehead atoms. The van der Waals surface area contributed by atoms with Crippen LogP contribution in [0.1, 0.15) is 23.4 Å². The number of anilines is 1. The van der Waals surface area contributed by atoms with E-state index in [1.807, 2.05) is 18.2 Å². The summed E-state index contributed by atoms with van der Waals surface area (Å²) in [5, 5.41) is 3.42. The van der Waals surface area contributed by atoms with Gasteiger partial charge in [0.25, 0.3) is 5.56 Å². The van der Waals surface area contributed by atoms with E-state index in [4.69, 9.17) is 0 Å². The number of rotatable bonds is 3. The number of benzene rings is 2. The molecule has 0 fully saturated rings. The van der Waals surface area contributed by atoms with Gasteiger partial charge in [-0.15, -0.1) is 0 Å². The molecule has 0 atom stereocenters. The van der Waals surface area contributed by atoms with Crippen molar-refractivity contribution >= 4 is 22.5 Å². The molecule has 1 amide bonds. The largest absolute Gasteiger partial charge is 0.325 e. The summed E-state index contributed by atoms with van der Waals surface area (Å²) in [5.74, 6) is 0.313. The molecule has 5 nitrogen and oxygen atoms in total. The highest BCUT2D eigenvalue weighted by molar-refractivity contribution is 5.91. The van der Waals surface area contributed by atoms with E-state index >= 15 is 0 Å². The van der Waals surface area contributed by atoms with Crippen molar-refractivity contribution in [1.29, 1.82) is 0 Å². The average Bonchev–Trinajstić information content (AvgIpc) is 3.06. The van der Waals surface area contributed by atoms with Gasteiger partial charge in [-0.05, 0) is 61.6 Å². The molecule has 3 aromatic rings. The summed E-state index contributed by atoms with van der Waals surface area (Å²) in [6.07, 6.45) is 3.34. The Morgan fingerprint density at radius 1 is 1.16 bits per heavy atom. The lowest BCUT2D eigenvalue weighted by Gasteiger charge is -2.12. The van der Waals surface area contributed by atoms with Gasteiger partial charge < -0.3 is 5.32 Å². The fraction of sp³-hybridized carbons (Fsp3) is 0.250. The Bertz CT molecular complexity index is 1040. The minimum atomic E-state index is -0.222. The number of fused-ring (bicyclic) bond motifs is 2. The topological polar surface area (TPSA) is 64.0 Å². The lowest BCUT2D eigenvalue weighted by atomic mass is 10.1. The maximum Gasteiger partial charge on any atom is 0.261 e. The number of para-hydroxylation sites is 1. The van der Waals surface area contributed by atoms with Crippen molar-refractivity contribution in [3.05, 3.63) is 69.8 Å². The van der Waals surface area contributed by atoms with Crippen LogP contribution in [0.5, 0.6) is 0 Å². The summed E-state index contributed by atoms with van der Waals surface area (Å²) in [6.45, 7) is 1.70. The Hall–Kier alpha value is -2.95. The van der Waals surface area contributed by atoms with E-state index in [1.54, 1.807) is 25.1 Å². The molecule has 0 radical (unpaired) electrons. The molecule has 25 heavy (non-hydrogen) atoms. The molecule has 1 aliphatic rings. The van der Waals surface area contributed by atoms with Crippen LogP contribution < -0.4 is 10.9 Å². The molecule has 0 spiro atoms. The second-order valence-electron chi connectivity index (χ2n) is 6.45. The first kappa shape index (κ1) is 15.6. The fourth-order valence-electron chi connectivity index (χ4n) is 3.46. The lowest BCUT2D eigenvalue weighted by molar-refractivity contribution is -0.116. The third kappa shape index (κ3) is 2.93. The van der Waals surface area contributed by atoms with Crippen molar-refractivity contribution in [2.45, 2.75) is 32.7 Å². The Balaban J connectivity index is 1.59. The van der Waals surface area contributed by atoms with Crippen LogP contribution in [0.25, 0.3) is 10.9 Å². The molecule has 0 aliphatic heterocycles. The maximum atomic E-state index is 12.6. The van der Waals surface area contributed by atoms with Crippen molar-refractivity contribution in [2.75, 3.05) is 5.32 Å². The van der Waals surface area contributed by atoms with E-state index < -0.39 is 0 Å². The van der Waals surface area contributed by atoms with Gasteiger partial charge in [0.1, 0.15) is 12.4 Å². The van der Waals surface area contributed by atoms with Gasteiger partial charge in [0, 0.05) is 5.69 Å². The lowest BCUT2D eigenvalue weighted by Crippen LogP contribution is -2.30. The molecule has 1 heterocycles. The number of nitrogens with zero attached hydrogens (tertiary/aromatic N) is 2. The monoisotopic (exact) mass is 333 g/mol. The van der Waals surface area contributed by atoms with Crippen LogP contribution in [0.3, 0.4) is 0 Å². The summed E-state index contributed by atoms with van der Waals surface area (Å²) in [6, 6.07) is 13.2. The summed E-state index contributed by atoms with van der Waals surface area (Å²) >= 11 is 0. The van der Waals surface area contributed by atoms with Crippen molar-refractivity contribution in [2.24, 2.45) is 0 Å². The van der Waals surface area contributed by atoms with Gasteiger partial charge in [0.05, 0.1) is 10.9 Å². The van der Waals surface area contributed by atoms with Gasteiger partial charge in [-0.25, -0.2) is 4.98 Å². The number of aromatic nitrogens is 2. The second kappa shape index (κ2) is 6.16. The molecule has 4 rings (SSSR count). The summed E-state index contributed by atoms with van der Waals surface area (Å²) < 4.78 is 1.42. The van der Waals surface area contributed by atoms with Crippen LogP contribution in [0.4, 0.5) is 5.69 Å². The minimum Gasteiger partial charge on any atom is -0.325 e. The molecular weight excluding hydrogens is 314 g/mol. The van der Waals surface area contributed by atoms with E-state index in [9.17, 15) is 9.59 Å². The molecule has 0 saturated heterocycles. The van der Waals surface area contributed by atoms with Crippen LogP contribution in [-0.4, -0.2) is 15.5 Å². The molecule has 0 saturated carbocycles. The Morgan fingerprint density at radius 2 is 1.96 bits per heavy atom. The van der Waals surface area contributed by atoms with Crippen LogP contribution in [-0.2, 0) is 24.2 Å². The third-order valence-electron chi connectivity index (χ3n) is 4.74. The zero-order valence-corrected chi connectivity index (χ0v) is 14.1. The van der Waals surface area contributed by atoms with Gasteiger partial charge in [-0.3, -0.25) is 14.2 Å². The molecule has 1 N–H and O–H groups in total. The molecule has 2 aromatic carbocycles. The van der Waals surface area contributed by atoms with E-state index in [0.29, 0.717) is 16.7 Å². The number of carbonyl (C=O) groups excluding carboxylic acids is 1. The number of hydrogen-bond donors (Lipinski definition) is 1. The zero-order valence-electron chi connectivity index (χ0n) is 14.1. The normalized spacial score (nSPS) is 13.0. The Kier molecular flexibility index (Phi) is 3.84. The van der Waals surface area contributed by atoms with E-state index in [0.717, 1.165) is 18.5 Å². The molecule has 126 valence electrons. The highest BCUT2D eigenvalue weighted by Gasteiger charge is 2.14. The summed E-state index contributed by atoms with van der Waals surface area (Å²) in [5.41, 5.74) is 3.92. The molecule has 0 unspecified atom stereocenters. The van der Waals surface area contributed by atoms with Gasteiger partial charge in [-0.1, -0.05) is 18.2 Å². The van der Waals surface area contributed by atoms with Crippen LogP contribution in [0.15, 0.2) is 47.3 Å². The highest BCUT2D eigenvalue weighted by atomic mass is 16.2. The molecule has 1 aromatic heterocycles. The van der Waals surface area contributed by atoms with Gasteiger partial charge in [0.2, 0.25) is 5.91 Å². The maximum absolute atomic E-state index is 12.6. The number of aryl methyl sites for hydroxylation is 3. The molecule has 1 aliphatic carbocycles. The first-order chi connectivity index (χ1) is 12.1. The number of hydrogen-bond acceptors (Lipinski definition) is 3. The number of carbonyl (C=O) groups is 1. The molecular formula is C20H19N3O2.